The van der Waals surface area contributed by atoms with Crippen LogP contribution in [0.25, 0.3) is 0 Å². The highest BCUT2D eigenvalue weighted by molar-refractivity contribution is 5.87. The topological polar surface area (TPSA) is 73.2 Å². The van der Waals surface area contributed by atoms with Crippen LogP contribution in [0.3, 0.4) is 0 Å². The number of nitrogens with zero attached hydrogens (tertiary/aromatic N) is 2. The van der Waals surface area contributed by atoms with E-state index in [0.29, 0.717) is 19.4 Å². The number of imidazole rings is 1. The molecule has 1 atom stereocenters. The molecule has 1 aromatic carbocycles. The van der Waals surface area contributed by atoms with Crippen molar-refractivity contribution in [2.75, 3.05) is 7.11 Å². The number of rotatable bonds is 7. The maximum Gasteiger partial charge on any atom is 0.407 e. The predicted octanol–water partition coefficient (Wildman–Crippen LogP) is 2.18. The maximum atomic E-state index is 12.0. The first-order valence-electron chi connectivity index (χ1n) is 7.54. The maximum absolute atomic E-state index is 12.0. The number of hydrogen-bond donors (Lipinski definition) is 1. The lowest BCUT2D eigenvalue weighted by Crippen LogP contribution is -2.42. The molecule has 0 aliphatic carbocycles. The summed E-state index contributed by atoms with van der Waals surface area (Å²) in [5, 5.41) is 2.56. The van der Waals surface area contributed by atoms with Crippen molar-refractivity contribution in [2.45, 2.75) is 32.4 Å². The number of carbonyl (C=O) groups excluding carboxylic acids is 2. The van der Waals surface area contributed by atoms with Gasteiger partial charge in [0.05, 0.1) is 25.2 Å². The Kier molecular flexibility index (Phi) is 5.91. The molecule has 6 nitrogen and oxygen atoms in total. The Hall–Kier alpha value is -2.63. The Bertz CT molecular complexity index is 652. The van der Waals surface area contributed by atoms with Crippen molar-refractivity contribution in [1.29, 1.82) is 0 Å². The van der Waals surface area contributed by atoms with E-state index in [0.717, 1.165) is 5.69 Å². The second kappa shape index (κ2) is 8.12. The number of Topliss-reactive ketones (excluding diaryl/α,β-unsaturated/α-hetero) is 1. The monoisotopic (exact) mass is 315 g/mol. The molecule has 0 aliphatic heterocycles. The molecule has 0 bridgehead atoms. The molecule has 0 aliphatic rings. The van der Waals surface area contributed by atoms with Gasteiger partial charge in [0.1, 0.15) is 0 Å². The van der Waals surface area contributed by atoms with Crippen molar-refractivity contribution in [2.24, 2.45) is 0 Å². The van der Waals surface area contributed by atoms with E-state index in [1.54, 1.807) is 13.3 Å². The van der Waals surface area contributed by atoms with Crippen LogP contribution in [0.1, 0.15) is 24.6 Å². The number of aromatic nitrogens is 2. The highest BCUT2D eigenvalue weighted by Gasteiger charge is 2.21. The molecule has 1 aromatic heterocycles. The molecule has 1 unspecified atom stereocenters. The Morgan fingerprint density at radius 1 is 1.30 bits per heavy atom. The minimum Gasteiger partial charge on any atom is -0.453 e. The fraction of sp³-hybridized carbons (Fsp3) is 0.353. The first-order valence-corrected chi connectivity index (χ1v) is 7.54. The molecule has 1 amide bonds. The van der Waals surface area contributed by atoms with Crippen molar-refractivity contribution >= 4 is 11.9 Å². The number of carbonyl (C=O) groups is 2. The number of methoxy groups -OCH3 is 1. The SMILES string of the molecule is CCC(=O)C(Cc1cn(Cc2ccccc2)cn1)NC(=O)OC. The number of nitrogens with one attached hydrogen (secondary N) is 1. The molecular weight excluding hydrogens is 294 g/mol. The quantitative estimate of drug-likeness (QED) is 0.850. The number of amides is 1. The van der Waals surface area contributed by atoms with Crippen molar-refractivity contribution in [3.63, 3.8) is 0 Å². The van der Waals surface area contributed by atoms with E-state index >= 15 is 0 Å². The van der Waals surface area contributed by atoms with Crippen LogP contribution in [-0.2, 0) is 22.5 Å². The molecule has 2 aromatic rings. The molecule has 0 saturated carbocycles. The van der Waals surface area contributed by atoms with Crippen LogP contribution >= 0.6 is 0 Å². The summed E-state index contributed by atoms with van der Waals surface area (Å²) < 4.78 is 6.52. The largest absolute Gasteiger partial charge is 0.453 e. The minimum absolute atomic E-state index is 0.0481. The first kappa shape index (κ1) is 16.7. The molecule has 0 fully saturated rings. The van der Waals surface area contributed by atoms with Crippen molar-refractivity contribution in [3.05, 3.63) is 54.1 Å². The third-order valence-electron chi connectivity index (χ3n) is 3.52. The van der Waals surface area contributed by atoms with Crippen LogP contribution in [0.5, 0.6) is 0 Å². The Balaban J connectivity index is 2.03. The van der Waals surface area contributed by atoms with Gasteiger partial charge in [-0.2, -0.15) is 0 Å². The summed E-state index contributed by atoms with van der Waals surface area (Å²) in [7, 11) is 1.28. The molecule has 122 valence electrons. The highest BCUT2D eigenvalue weighted by atomic mass is 16.5. The van der Waals surface area contributed by atoms with Crippen LogP contribution in [-0.4, -0.2) is 34.6 Å². The van der Waals surface area contributed by atoms with Gasteiger partial charge < -0.3 is 14.6 Å². The summed E-state index contributed by atoms with van der Waals surface area (Å²) in [6, 6.07) is 9.42. The Morgan fingerprint density at radius 3 is 2.70 bits per heavy atom. The van der Waals surface area contributed by atoms with Gasteiger partial charge in [-0.25, -0.2) is 9.78 Å². The zero-order valence-electron chi connectivity index (χ0n) is 13.4. The summed E-state index contributed by atoms with van der Waals surface area (Å²) >= 11 is 0. The Labute approximate surface area is 135 Å². The molecule has 23 heavy (non-hydrogen) atoms. The highest BCUT2D eigenvalue weighted by Crippen LogP contribution is 2.07. The van der Waals surface area contributed by atoms with Crippen LogP contribution in [0.2, 0.25) is 0 Å². The van der Waals surface area contributed by atoms with Gasteiger partial charge in [0, 0.05) is 25.6 Å². The van der Waals surface area contributed by atoms with E-state index in [2.05, 4.69) is 15.0 Å². The fourth-order valence-corrected chi connectivity index (χ4v) is 2.29. The minimum atomic E-state index is -0.618. The van der Waals surface area contributed by atoms with Crippen molar-refractivity contribution in [1.82, 2.24) is 14.9 Å². The summed E-state index contributed by atoms with van der Waals surface area (Å²) in [4.78, 5) is 27.6. The number of hydrogen-bond acceptors (Lipinski definition) is 4. The predicted molar refractivity (Wildman–Crippen MR) is 86.1 cm³/mol. The normalized spacial score (nSPS) is 11.7. The summed E-state index contributed by atoms with van der Waals surface area (Å²) in [6.07, 6.45) is 3.71. The van der Waals surface area contributed by atoms with Gasteiger partial charge in [-0.1, -0.05) is 37.3 Å². The standard InChI is InChI=1S/C17H21N3O3/c1-3-16(21)15(19-17(22)23-2)9-14-11-20(12-18-14)10-13-7-5-4-6-8-13/h4-8,11-12,15H,3,9-10H2,1-2H3,(H,19,22). The average molecular weight is 315 g/mol. The molecule has 1 heterocycles. The molecular formula is C17H21N3O3. The van der Waals surface area contributed by atoms with E-state index in [9.17, 15) is 9.59 Å². The van der Waals surface area contributed by atoms with E-state index in [-0.39, 0.29) is 5.78 Å². The van der Waals surface area contributed by atoms with Gasteiger partial charge in [-0.05, 0) is 5.56 Å². The van der Waals surface area contributed by atoms with Gasteiger partial charge in [0.2, 0.25) is 0 Å². The molecule has 6 heteroatoms. The van der Waals surface area contributed by atoms with Gasteiger partial charge in [-0.3, -0.25) is 4.79 Å². The fourth-order valence-electron chi connectivity index (χ4n) is 2.29. The number of alkyl carbamates (subject to hydrolysis) is 1. The van der Waals surface area contributed by atoms with E-state index < -0.39 is 12.1 Å². The lowest BCUT2D eigenvalue weighted by molar-refractivity contribution is -0.120. The van der Waals surface area contributed by atoms with Gasteiger partial charge >= 0.3 is 6.09 Å². The van der Waals surface area contributed by atoms with E-state index in [1.807, 2.05) is 41.1 Å². The zero-order chi connectivity index (χ0) is 16.7. The smallest absolute Gasteiger partial charge is 0.407 e. The van der Waals surface area contributed by atoms with Crippen LogP contribution in [0.4, 0.5) is 4.79 Å². The van der Waals surface area contributed by atoms with Gasteiger partial charge in [-0.15, -0.1) is 0 Å². The van der Waals surface area contributed by atoms with E-state index in [4.69, 9.17) is 0 Å². The second-order valence-electron chi connectivity index (χ2n) is 5.24. The molecule has 0 spiro atoms. The van der Waals surface area contributed by atoms with Crippen molar-refractivity contribution in [3.8, 4) is 0 Å². The summed E-state index contributed by atoms with van der Waals surface area (Å²) in [5.74, 6) is -0.0481. The summed E-state index contributed by atoms with van der Waals surface area (Å²) in [6.45, 7) is 2.48. The zero-order valence-corrected chi connectivity index (χ0v) is 13.4. The molecule has 2 rings (SSSR count). The van der Waals surface area contributed by atoms with Crippen LogP contribution < -0.4 is 5.32 Å². The second-order valence-corrected chi connectivity index (χ2v) is 5.24. The third-order valence-corrected chi connectivity index (χ3v) is 3.52. The van der Waals surface area contributed by atoms with Crippen LogP contribution in [0.15, 0.2) is 42.9 Å². The molecule has 0 saturated heterocycles. The van der Waals surface area contributed by atoms with E-state index in [1.165, 1.54) is 12.7 Å². The van der Waals surface area contributed by atoms with Crippen LogP contribution in [0, 0.1) is 0 Å². The third kappa shape index (κ3) is 4.95. The van der Waals surface area contributed by atoms with Gasteiger partial charge in [0.25, 0.3) is 0 Å². The number of benzene rings is 1. The summed E-state index contributed by atoms with van der Waals surface area (Å²) in [5.41, 5.74) is 1.93. The lowest BCUT2D eigenvalue weighted by atomic mass is 10.1. The first-order chi connectivity index (χ1) is 11.1. The molecule has 1 N–H and O–H groups in total. The van der Waals surface area contributed by atoms with Crippen molar-refractivity contribution < 1.29 is 14.3 Å². The number of ketones is 1. The average Bonchev–Trinajstić information content (AvgIpc) is 3.01. The van der Waals surface area contributed by atoms with Gasteiger partial charge in [0.15, 0.2) is 5.78 Å². The lowest BCUT2D eigenvalue weighted by Gasteiger charge is -2.14. The Morgan fingerprint density at radius 2 is 2.04 bits per heavy atom. The molecule has 0 radical (unpaired) electrons. The number of ether oxygens (including phenoxy) is 1.